The molecular weight excluding hydrogens is 324 g/mol. The predicted molar refractivity (Wildman–Crippen MR) is 66.4 cm³/mol. The van der Waals surface area contributed by atoms with Crippen LogP contribution in [0.1, 0.15) is 0 Å². The van der Waals surface area contributed by atoms with Gasteiger partial charge in [-0.05, 0) is 12.1 Å². The maximum atomic E-state index is 10.1. The summed E-state index contributed by atoms with van der Waals surface area (Å²) in [4.78, 5) is 30.0. The van der Waals surface area contributed by atoms with E-state index in [1.54, 1.807) is 0 Å². The lowest BCUT2D eigenvalue weighted by atomic mass is 9.99. The predicted octanol–water partition coefficient (Wildman–Crippen LogP) is -0.104. The third-order valence-corrected chi connectivity index (χ3v) is 2.43. The Hall–Kier alpha value is -1.77. The third kappa shape index (κ3) is 5.16. The topological polar surface area (TPSA) is 132 Å². The van der Waals surface area contributed by atoms with Crippen LogP contribution in [0.2, 0.25) is 0 Å². The van der Waals surface area contributed by atoms with Crippen LogP contribution in [0.25, 0.3) is 0 Å². The number of carbonyl (C=O) groups is 3. The number of carboxylic acid groups (broad SMARTS) is 2. The summed E-state index contributed by atoms with van der Waals surface area (Å²) in [6, 6.07) is 9.97. The lowest BCUT2D eigenvalue weighted by molar-refractivity contribution is -0.182. The van der Waals surface area contributed by atoms with Gasteiger partial charge in [-0.3, -0.25) is 4.79 Å². The molecule has 0 radical (unpaired) electrons. The third-order valence-electron chi connectivity index (χ3n) is 1.91. The summed E-state index contributed by atoms with van der Waals surface area (Å²) in [5, 5.41) is 33.5. The van der Waals surface area contributed by atoms with E-state index < -0.39 is 29.9 Å². The van der Waals surface area contributed by atoms with Crippen LogP contribution in [0.5, 0.6) is 0 Å². The summed E-state index contributed by atoms with van der Waals surface area (Å²) in [5.41, 5.74) is -3.29. The van der Waals surface area contributed by atoms with Crippen molar-refractivity contribution in [2.24, 2.45) is 0 Å². The van der Waals surface area contributed by atoms with Crippen molar-refractivity contribution in [3.63, 3.8) is 0 Å². The Balaban J connectivity index is 0.000000388. The van der Waals surface area contributed by atoms with E-state index in [0.29, 0.717) is 0 Å². The molecule has 2 unspecified atom stereocenters. The van der Waals surface area contributed by atoms with E-state index >= 15 is 0 Å². The Kier molecular flexibility index (Phi) is 6.91. The van der Waals surface area contributed by atoms with E-state index in [4.69, 9.17) is 20.4 Å². The normalized spacial score (nSPS) is 14.3. The summed E-state index contributed by atoms with van der Waals surface area (Å²) in [7, 11) is 0. The number of aliphatic hydroxyl groups excluding tert-OH is 1. The number of aldehydes is 1. The van der Waals surface area contributed by atoms with Crippen molar-refractivity contribution in [1.29, 1.82) is 0 Å². The molecule has 1 aromatic carbocycles. The van der Waals surface area contributed by atoms with Crippen LogP contribution in [-0.2, 0) is 14.4 Å². The van der Waals surface area contributed by atoms with E-state index in [9.17, 15) is 14.4 Å². The molecule has 0 saturated carbocycles. The molecule has 0 spiro atoms. The van der Waals surface area contributed by atoms with E-state index in [-0.39, 0.29) is 0 Å². The molecular formula is C11H11BrO7. The average Bonchev–Trinajstić information content (AvgIpc) is 2.38. The first kappa shape index (κ1) is 17.2. The first-order valence-corrected chi connectivity index (χ1v) is 5.58. The van der Waals surface area contributed by atoms with Crippen molar-refractivity contribution in [3.8, 4) is 0 Å². The lowest BCUT2D eigenvalue weighted by Crippen LogP contribution is -2.54. The van der Waals surface area contributed by atoms with Gasteiger partial charge in [-0.15, -0.1) is 0 Å². The zero-order valence-corrected chi connectivity index (χ0v) is 11.0. The molecule has 0 amide bonds. The molecule has 8 heteroatoms. The van der Waals surface area contributed by atoms with Gasteiger partial charge in [-0.2, -0.15) is 0 Å². The van der Waals surface area contributed by atoms with Gasteiger partial charge in [0.05, 0.1) is 0 Å². The standard InChI is InChI=1S/C6H5Br.C5H6O7/c7-6-4-2-1-3-5-6;6-1-5(12,4(10)11)2(7)3(8)9/h1-5H;1-2,7,12H,(H,8,9)(H,10,11). The minimum atomic E-state index is -3.29. The molecule has 0 fully saturated rings. The summed E-state index contributed by atoms with van der Waals surface area (Å²) in [6.45, 7) is 0. The molecule has 0 heterocycles. The number of halogens is 1. The molecule has 0 bridgehead atoms. The van der Waals surface area contributed by atoms with Gasteiger partial charge in [0.15, 0.2) is 12.4 Å². The molecule has 0 aromatic heterocycles. The lowest BCUT2D eigenvalue weighted by Gasteiger charge is -2.18. The van der Waals surface area contributed by atoms with Gasteiger partial charge in [0, 0.05) is 4.47 Å². The number of aliphatic hydroxyl groups is 2. The van der Waals surface area contributed by atoms with Gasteiger partial charge in [0.1, 0.15) is 0 Å². The summed E-state index contributed by atoms with van der Waals surface area (Å²) < 4.78 is 1.13. The summed E-state index contributed by atoms with van der Waals surface area (Å²) >= 11 is 3.31. The molecule has 0 aliphatic carbocycles. The minimum absolute atomic E-state index is 0.547. The van der Waals surface area contributed by atoms with Crippen molar-refractivity contribution in [2.75, 3.05) is 0 Å². The molecule has 7 nitrogen and oxygen atoms in total. The van der Waals surface area contributed by atoms with Crippen molar-refractivity contribution >= 4 is 34.2 Å². The smallest absolute Gasteiger partial charge is 0.346 e. The van der Waals surface area contributed by atoms with Crippen LogP contribution in [-0.4, -0.2) is 50.4 Å². The highest BCUT2D eigenvalue weighted by molar-refractivity contribution is 9.10. The van der Waals surface area contributed by atoms with E-state index in [1.165, 1.54) is 0 Å². The Morgan fingerprint density at radius 2 is 1.68 bits per heavy atom. The second-order valence-corrected chi connectivity index (χ2v) is 4.20. The number of hydrogen-bond donors (Lipinski definition) is 4. The molecule has 1 aromatic rings. The van der Waals surface area contributed by atoms with E-state index in [1.807, 2.05) is 30.3 Å². The number of benzene rings is 1. The van der Waals surface area contributed by atoms with Crippen LogP contribution in [0.3, 0.4) is 0 Å². The molecule has 4 N–H and O–H groups in total. The quantitative estimate of drug-likeness (QED) is 0.446. The fourth-order valence-electron chi connectivity index (χ4n) is 0.835. The zero-order chi connectivity index (χ0) is 15.1. The Morgan fingerprint density at radius 1 is 1.21 bits per heavy atom. The number of carboxylic acids is 2. The van der Waals surface area contributed by atoms with Crippen molar-refractivity contribution in [1.82, 2.24) is 0 Å². The maximum absolute atomic E-state index is 10.1. The molecule has 0 saturated heterocycles. The van der Waals surface area contributed by atoms with E-state index in [0.717, 1.165) is 4.47 Å². The first-order chi connectivity index (χ1) is 8.75. The van der Waals surface area contributed by atoms with Gasteiger partial charge in [0.2, 0.25) is 0 Å². The molecule has 1 rings (SSSR count). The monoisotopic (exact) mass is 334 g/mol. The van der Waals surface area contributed by atoms with Crippen LogP contribution < -0.4 is 0 Å². The maximum Gasteiger partial charge on any atom is 0.346 e. The second-order valence-electron chi connectivity index (χ2n) is 3.28. The van der Waals surface area contributed by atoms with Gasteiger partial charge in [-0.25, -0.2) is 9.59 Å². The Morgan fingerprint density at radius 3 is 1.84 bits per heavy atom. The minimum Gasteiger partial charge on any atom is -0.479 e. The average molecular weight is 335 g/mol. The number of rotatable bonds is 4. The Bertz CT molecular complexity index is 448. The highest BCUT2D eigenvalue weighted by Crippen LogP contribution is 2.08. The van der Waals surface area contributed by atoms with E-state index in [2.05, 4.69) is 15.9 Å². The molecule has 19 heavy (non-hydrogen) atoms. The van der Waals surface area contributed by atoms with Crippen LogP contribution in [0.15, 0.2) is 34.8 Å². The molecule has 2 atom stereocenters. The fourth-order valence-corrected chi connectivity index (χ4v) is 1.14. The zero-order valence-electron chi connectivity index (χ0n) is 9.43. The van der Waals surface area contributed by atoms with Crippen LogP contribution in [0, 0.1) is 0 Å². The Labute approximate surface area is 116 Å². The molecule has 0 aliphatic rings. The van der Waals surface area contributed by atoms with Gasteiger partial charge in [0.25, 0.3) is 5.60 Å². The second kappa shape index (κ2) is 7.62. The first-order valence-electron chi connectivity index (χ1n) is 4.79. The fraction of sp³-hybridized carbons (Fsp3) is 0.182. The van der Waals surface area contributed by atoms with Gasteiger partial charge >= 0.3 is 11.9 Å². The van der Waals surface area contributed by atoms with Crippen molar-refractivity contribution in [3.05, 3.63) is 34.8 Å². The SMILES string of the molecule is Brc1ccccc1.O=CC(O)(C(=O)O)C(O)C(=O)O. The van der Waals surface area contributed by atoms with Crippen LogP contribution in [0.4, 0.5) is 0 Å². The largest absolute Gasteiger partial charge is 0.479 e. The van der Waals surface area contributed by atoms with Gasteiger partial charge in [-0.1, -0.05) is 34.1 Å². The number of aliphatic carboxylic acids is 2. The number of carbonyl (C=O) groups excluding carboxylic acids is 1. The van der Waals surface area contributed by atoms with Crippen molar-refractivity contribution in [2.45, 2.75) is 11.7 Å². The highest BCUT2D eigenvalue weighted by Gasteiger charge is 2.48. The highest BCUT2D eigenvalue weighted by atomic mass is 79.9. The summed E-state index contributed by atoms with van der Waals surface area (Å²) in [6.07, 6.45) is -3.22. The number of hydrogen-bond acceptors (Lipinski definition) is 5. The summed E-state index contributed by atoms with van der Waals surface area (Å²) in [5.74, 6) is -4.11. The van der Waals surface area contributed by atoms with Crippen molar-refractivity contribution < 1.29 is 34.8 Å². The van der Waals surface area contributed by atoms with Crippen LogP contribution >= 0.6 is 15.9 Å². The molecule has 104 valence electrons. The van der Waals surface area contributed by atoms with Gasteiger partial charge < -0.3 is 20.4 Å². The molecule has 0 aliphatic heterocycles.